The van der Waals surface area contributed by atoms with E-state index in [9.17, 15) is 0 Å². The number of fused-ring (bicyclic) bond motifs is 1. The standard InChI is InChI=1S/C17H13Cl2N3/c18-12-7-4-8-13-14(12)15(17-20-9-10-21-17)16(22(13)19)11-5-2-1-3-6-11/h1-8H,9-10H2,(H,20,21). The number of halogens is 2. The van der Waals surface area contributed by atoms with E-state index in [2.05, 4.69) is 10.3 Å². The third kappa shape index (κ3) is 2.01. The lowest BCUT2D eigenvalue weighted by molar-refractivity contribution is 0.960. The third-order valence-electron chi connectivity index (χ3n) is 3.84. The molecule has 0 amide bonds. The van der Waals surface area contributed by atoms with Crippen LogP contribution in [0.4, 0.5) is 0 Å². The molecule has 1 N–H and O–H groups in total. The van der Waals surface area contributed by atoms with Gasteiger partial charge in [-0.2, -0.15) is 0 Å². The van der Waals surface area contributed by atoms with E-state index in [-0.39, 0.29) is 0 Å². The molecule has 0 fully saturated rings. The minimum atomic E-state index is 0.681. The number of nitrogens with one attached hydrogen (secondary N) is 1. The van der Waals surface area contributed by atoms with Gasteiger partial charge in [0.15, 0.2) is 0 Å². The van der Waals surface area contributed by atoms with Gasteiger partial charge >= 0.3 is 0 Å². The summed E-state index contributed by atoms with van der Waals surface area (Å²) in [7, 11) is 0. The second-order valence-electron chi connectivity index (χ2n) is 5.16. The summed E-state index contributed by atoms with van der Waals surface area (Å²) in [5, 5.41) is 4.95. The molecule has 0 atom stereocenters. The quantitative estimate of drug-likeness (QED) is 0.745. The first-order chi connectivity index (χ1) is 10.8. The predicted molar refractivity (Wildman–Crippen MR) is 93.0 cm³/mol. The van der Waals surface area contributed by atoms with Crippen LogP contribution >= 0.6 is 23.4 Å². The first kappa shape index (κ1) is 13.7. The molecule has 4 rings (SSSR count). The average molecular weight is 330 g/mol. The van der Waals surface area contributed by atoms with Crippen LogP contribution < -0.4 is 5.32 Å². The first-order valence-corrected chi connectivity index (χ1v) is 7.82. The summed E-state index contributed by atoms with van der Waals surface area (Å²) in [5.74, 6) is 0.858. The van der Waals surface area contributed by atoms with E-state index in [4.69, 9.17) is 23.4 Å². The van der Waals surface area contributed by atoms with Gasteiger partial charge in [-0.25, -0.2) is 0 Å². The van der Waals surface area contributed by atoms with Crippen LogP contribution in [0, 0.1) is 0 Å². The fourth-order valence-corrected chi connectivity index (χ4v) is 3.50. The summed E-state index contributed by atoms with van der Waals surface area (Å²) in [6, 6.07) is 15.8. The average Bonchev–Trinajstić information content (AvgIpc) is 3.16. The first-order valence-electron chi connectivity index (χ1n) is 7.10. The number of rotatable bonds is 2. The van der Waals surface area contributed by atoms with Crippen LogP contribution in [0.1, 0.15) is 5.56 Å². The van der Waals surface area contributed by atoms with Crippen molar-refractivity contribution in [3.8, 4) is 11.3 Å². The lowest BCUT2D eigenvalue weighted by atomic mass is 10.0. The number of hydrogen-bond acceptors (Lipinski definition) is 2. The third-order valence-corrected chi connectivity index (χ3v) is 4.51. The lowest BCUT2D eigenvalue weighted by Gasteiger charge is -2.07. The van der Waals surface area contributed by atoms with Gasteiger partial charge in [0, 0.05) is 29.3 Å². The summed E-state index contributed by atoms with van der Waals surface area (Å²) in [5.41, 5.74) is 3.81. The SMILES string of the molecule is Clc1cccc2c1c(C1=NCCN1)c(-c1ccccc1)n2Cl. The maximum atomic E-state index is 6.62. The number of aliphatic imine (C=N–C) groups is 1. The molecule has 0 saturated carbocycles. The highest BCUT2D eigenvalue weighted by molar-refractivity contribution is 6.39. The minimum Gasteiger partial charge on any atom is -0.368 e. The van der Waals surface area contributed by atoms with E-state index >= 15 is 0 Å². The van der Waals surface area contributed by atoms with E-state index in [1.54, 1.807) is 4.09 Å². The van der Waals surface area contributed by atoms with Gasteiger partial charge < -0.3 is 5.32 Å². The van der Waals surface area contributed by atoms with E-state index in [1.165, 1.54) is 0 Å². The van der Waals surface area contributed by atoms with E-state index in [1.807, 2.05) is 48.5 Å². The molecule has 110 valence electrons. The molecule has 3 aromatic rings. The zero-order valence-electron chi connectivity index (χ0n) is 11.7. The van der Waals surface area contributed by atoms with Gasteiger partial charge in [0.25, 0.3) is 0 Å². The summed E-state index contributed by atoms with van der Waals surface area (Å²) >= 11 is 13.1. The van der Waals surface area contributed by atoms with Crippen molar-refractivity contribution in [2.75, 3.05) is 13.1 Å². The summed E-state index contributed by atoms with van der Waals surface area (Å²) < 4.78 is 1.68. The molecule has 2 aromatic carbocycles. The number of nitrogens with zero attached hydrogens (tertiary/aromatic N) is 2. The van der Waals surface area contributed by atoms with Gasteiger partial charge in [0.1, 0.15) is 5.84 Å². The summed E-state index contributed by atoms with van der Waals surface area (Å²) in [4.78, 5) is 4.57. The molecule has 22 heavy (non-hydrogen) atoms. The molecule has 1 aliphatic rings. The predicted octanol–water partition coefficient (Wildman–Crippen LogP) is 4.31. The van der Waals surface area contributed by atoms with Crippen molar-refractivity contribution in [2.24, 2.45) is 4.99 Å². The number of benzene rings is 2. The van der Waals surface area contributed by atoms with Crippen molar-refractivity contribution >= 4 is 40.1 Å². The smallest absolute Gasteiger partial charge is 0.131 e. The molecule has 0 spiro atoms. The molecule has 0 saturated heterocycles. The van der Waals surface area contributed by atoms with Crippen LogP contribution in [0.15, 0.2) is 53.5 Å². The Balaban J connectivity index is 2.13. The van der Waals surface area contributed by atoms with Crippen LogP contribution in [0.25, 0.3) is 22.2 Å². The number of hydrogen-bond donors (Lipinski definition) is 1. The van der Waals surface area contributed by atoms with Crippen LogP contribution in [0.3, 0.4) is 0 Å². The lowest BCUT2D eigenvalue weighted by Crippen LogP contribution is -2.20. The van der Waals surface area contributed by atoms with Gasteiger partial charge in [-0.05, 0) is 12.1 Å². The molecule has 1 aromatic heterocycles. The van der Waals surface area contributed by atoms with Crippen molar-refractivity contribution in [3.63, 3.8) is 0 Å². The Labute approximate surface area is 138 Å². The Morgan fingerprint density at radius 2 is 1.86 bits per heavy atom. The minimum absolute atomic E-state index is 0.681. The van der Waals surface area contributed by atoms with Crippen LogP contribution in [0.2, 0.25) is 5.02 Å². The van der Waals surface area contributed by atoms with Crippen molar-refractivity contribution in [3.05, 3.63) is 59.1 Å². The maximum Gasteiger partial charge on any atom is 0.131 e. The Morgan fingerprint density at radius 3 is 2.59 bits per heavy atom. The van der Waals surface area contributed by atoms with Crippen LogP contribution in [-0.2, 0) is 0 Å². The maximum absolute atomic E-state index is 6.62. The number of amidine groups is 1. The van der Waals surface area contributed by atoms with Crippen LogP contribution in [-0.4, -0.2) is 23.0 Å². The molecule has 0 radical (unpaired) electrons. The molecule has 0 bridgehead atoms. The molecule has 2 heterocycles. The fraction of sp³-hybridized carbons (Fsp3) is 0.118. The van der Waals surface area contributed by atoms with E-state index < -0.39 is 0 Å². The largest absolute Gasteiger partial charge is 0.368 e. The summed E-state index contributed by atoms with van der Waals surface area (Å²) in [6.07, 6.45) is 0. The molecule has 3 nitrogen and oxygen atoms in total. The highest BCUT2D eigenvalue weighted by Crippen LogP contribution is 2.38. The van der Waals surface area contributed by atoms with Crippen molar-refractivity contribution in [1.29, 1.82) is 0 Å². The van der Waals surface area contributed by atoms with Gasteiger partial charge in [0.05, 0.1) is 28.3 Å². The highest BCUT2D eigenvalue weighted by Gasteiger charge is 2.24. The molecule has 1 aliphatic heterocycles. The molecule has 5 heteroatoms. The van der Waals surface area contributed by atoms with Crippen molar-refractivity contribution in [1.82, 2.24) is 9.40 Å². The van der Waals surface area contributed by atoms with Gasteiger partial charge in [-0.1, -0.05) is 48.0 Å². The fourth-order valence-electron chi connectivity index (χ4n) is 2.91. The molecule has 0 unspecified atom stereocenters. The second kappa shape index (κ2) is 5.34. The van der Waals surface area contributed by atoms with Crippen LogP contribution in [0.5, 0.6) is 0 Å². The molecular weight excluding hydrogens is 317 g/mol. The highest BCUT2D eigenvalue weighted by atomic mass is 35.5. The van der Waals surface area contributed by atoms with E-state index in [0.29, 0.717) is 5.02 Å². The van der Waals surface area contributed by atoms with Crippen molar-refractivity contribution < 1.29 is 0 Å². The normalized spacial score (nSPS) is 14.2. The van der Waals surface area contributed by atoms with Gasteiger partial charge in [-0.3, -0.25) is 9.08 Å². The summed E-state index contributed by atoms with van der Waals surface area (Å²) in [6.45, 7) is 1.60. The monoisotopic (exact) mass is 329 g/mol. The Kier molecular flexibility index (Phi) is 3.32. The van der Waals surface area contributed by atoms with Gasteiger partial charge in [0.2, 0.25) is 0 Å². The molecule has 0 aliphatic carbocycles. The zero-order valence-corrected chi connectivity index (χ0v) is 13.2. The number of aromatic nitrogens is 1. The molecular formula is C17H13Cl2N3. The van der Waals surface area contributed by atoms with Crippen molar-refractivity contribution in [2.45, 2.75) is 0 Å². The Morgan fingerprint density at radius 1 is 1.05 bits per heavy atom. The zero-order chi connectivity index (χ0) is 15.1. The van der Waals surface area contributed by atoms with Gasteiger partial charge in [-0.15, -0.1) is 0 Å². The Hall–Kier alpha value is -1.97. The Bertz CT molecular complexity index is 882. The second-order valence-corrected chi connectivity index (χ2v) is 5.91. The topological polar surface area (TPSA) is 29.3 Å². The van der Waals surface area contributed by atoms with E-state index in [0.717, 1.165) is 46.6 Å².